The molecule has 56 heavy (non-hydrogen) atoms. The molecule has 0 fully saturated rings. The van der Waals surface area contributed by atoms with E-state index in [1.54, 1.807) is 97.1 Å². The fourth-order valence-corrected chi connectivity index (χ4v) is 6.20. The molecule has 0 amide bonds. The standard InChI is InChI=1S/C48H30O8/c49-45(35-13-5-15-37(29-35)47(51)55-43-19-7-11-33-9-1-3-17-41(33)43)53-39-25-21-31(22-26-39)32-23-27-40(28-24-32)54-46(50)36-14-6-16-38(30-36)48(52)56-44-20-8-12-34-10-2-4-18-42(34)44/h1-30H. The third kappa shape index (κ3) is 7.76. The van der Waals surface area contributed by atoms with Gasteiger partial charge in [-0.1, -0.05) is 109 Å². The summed E-state index contributed by atoms with van der Waals surface area (Å²) in [6.45, 7) is 0. The Bertz CT molecular complexity index is 2570. The lowest BCUT2D eigenvalue weighted by atomic mass is 10.1. The number of benzene rings is 8. The van der Waals surface area contributed by atoms with Gasteiger partial charge in [-0.2, -0.15) is 0 Å². The fraction of sp³-hybridized carbons (Fsp3) is 0. The molecule has 8 aromatic rings. The zero-order chi connectivity index (χ0) is 38.4. The van der Waals surface area contributed by atoms with Crippen LogP contribution >= 0.6 is 0 Å². The van der Waals surface area contributed by atoms with Gasteiger partial charge in [-0.3, -0.25) is 0 Å². The average Bonchev–Trinajstić information content (AvgIpc) is 3.24. The van der Waals surface area contributed by atoms with Crippen LogP contribution in [0.4, 0.5) is 0 Å². The molecule has 0 radical (unpaired) electrons. The molecule has 0 bridgehead atoms. The predicted molar refractivity (Wildman–Crippen MR) is 212 cm³/mol. The van der Waals surface area contributed by atoms with Gasteiger partial charge in [0, 0.05) is 10.8 Å². The van der Waals surface area contributed by atoms with Crippen molar-refractivity contribution in [1.29, 1.82) is 0 Å². The highest BCUT2D eigenvalue weighted by Gasteiger charge is 2.17. The Balaban J connectivity index is 0.873. The maximum Gasteiger partial charge on any atom is 0.343 e. The molecule has 270 valence electrons. The fourth-order valence-electron chi connectivity index (χ4n) is 6.20. The van der Waals surface area contributed by atoms with Crippen molar-refractivity contribution < 1.29 is 38.1 Å². The Hall–Kier alpha value is -7.84. The molecule has 8 rings (SSSR count). The van der Waals surface area contributed by atoms with Crippen LogP contribution in [0.1, 0.15) is 41.4 Å². The number of ether oxygens (including phenoxy) is 4. The molecule has 0 spiro atoms. The van der Waals surface area contributed by atoms with Crippen molar-refractivity contribution in [2.24, 2.45) is 0 Å². The minimum absolute atomic E-state index is 0.194. The van der Waals surface area contributed by atoms with Gasteiger partial charge in [0.25, 0.3) is 0 Å². The maximum atomic E-state index is 13.0. The molecule has 0 aliphatic rings. The van der Waals surface area contributed by atoms with Crippen LogP contribution in [0.3, 0.4) is 0 Å². The van der Waals surface area contributed by atoms with Gasteiger partial charge < -0.3 is 18.9 Å². The number of rotatable bonds is 9. The lowest BCUT2D eigenvalue weighted by Crippen LogP contribution is -2.12. The summed E-state index contributed by atoms with van der Waals surface area (Å²) in [7, 11) is 0. The number of hydrogen-bond acceptors (Lipinski definition) is 8. The normalized spacial score (nSPS) is 10.8. The van der Waals surface area contributed by atoms with Crippen molar-refractivity contribution in [3.05, 3.63) is 204 Å². The van der Waals surface area contributed by atoms with E-state index in [1.807, 2.05) is 72.8 Å². The van der Waals surface area contributed by atoms with E-state index in [4.69, 9.17) is 18.9 Å². The van der Waals surface area contributed by atoms with Crippen LogP contribution in [0, 0.1) is 0 Å². The molecule has 8 heteroatoms. The Kier molecular flexibility index (Phi) is 9.83. The Morgan fingerprint density at radius 1 is 0.304 bits per heavy atom. The molecule has 0 aliphatic carbocycles. The average molecular weight is 735 g/mol. The first kappa shape index (κ1) is 35.2. The minimum atomic E-state index is -0.629. The third-order valence-electron chi connectivity index (χ3n) is 9.04. The number of esters is 4. The van der Waals surface area contributed by atoms with E-state index in [9.17, 15) is 19.2 Å². The van der Waals surface area contributed by atoms with E-state index in [0.717, 1.165) is 32.7 Å². The highest BCUT2D eigenvalue weighted by atomic mass is 16.5. The van der Waals surface area contributed by atoms with Crippen LogP contribution < -0.4 is 18.9 Å². The van der Waals surface area contributed by atoms with Crippen LogP contribution in [0.15, 0.2) is 182 Å². The summed E-state index contributed by atoms with van der Waals surface area (Å²) in [6.07, 6.45) is 0. The number of hydrogen-bond donors (Lipinski definition) is 0. The molecule has 0 heterocycles. The summed E-state index contributed by atoms with van der Waals surface area (Å²) in [4.78, 5) is 52.1. The van der Waals surface area contributed by atoms with E-state index in [0.29, 0.717) is 23.0 Å². The van der Waals surface area contributed by atoms with Crippen LogP contribution in [0.2, 0.25) is 0 Å². The highest BCUT2D eigenvalue weighted by molar-refractivity contribution is 6.00. The van der Waals surface area contributed by atoms with E-state index < -0.39 is 23.9 Å². The number of fused-ring (bicyclic) bond motifs is 2. The first-order chi connectivity index (χ1) is 27.4. The van der Waals surface area contributed by atoms with Gasteiger partial charge in [0.05, 0.1) is 22.3 Å². The van der Waals surface area contributed by atoms with Gasteiger partial charge in [0.2, 0.25) is 0 Å². The highest BCUT2D eigenvalue weighted by Crippen LogP contribution is 2.29. The monoisotopic (exact) mass is 734 g/mol. The van der Waals surface area contributed by atoms with Gasteiger partial charge in [-0.25, -0.2) is 19.2 Å². The van der Waals surface area contributed by atoms with Crippen LogP contribution in [-0.2, 0) is 0 Å². The van der Waals surface area contributed by atoms with Crippen molar-refractivity contribution in [3.63, 3.8) is 0 Å². The Labute approximate surface area is 321 Å². The quantitative estimate of drug-likeness (QED) is 0.107. The van der Waals surface area contributed by atoms with Crippen molar-refractivity contribution in [1.82, 2.24) is 0 Å². The minimum Gasteiger partial charge on any atom is -0.423 e. The summed E-state index contributed by atoms with van der Waals surface area (Å²) in [5, 5.41) is 3.49. The van der Waals surface area contributed by atoms with E-state index in [2.05, 4.69) is 0 Å². The van der Waals surface area contributed by atoms with Crippen molar-refractivity contribution >= 4 is 45.4 Å². The molecular formula is C48H30O8. The predicted octanol–water partition coefficient (Wildman–Crippen LogP) is 10.5. The second-order valence-electron chi connectivity index (χ2n) is 12.7. The first-order valence-corrected chi connectivity index (χ1v) is 17.6. The summed E-state index contributed by atoms with van der Waals surface area (Å²) >= 11 is 0. The second kappa shape index (κ2) is 15.6. The van der Waals surface area contributed by atoms with Crippen molar-refractivity contribution in [2.75, 3.05) is 0 Å². The summed E-state index contributed by atoms with van der Waals surface area (Å²) in [5.41, 5.74) is 2.47. The summed E-state index contributed by atoms with van der Waals surface area (Å²) in [6, 6.07) is 52.4. The number of carbonyl (C=O) groups excluding carboxylic acids is 4. The Morgan fingerprint density at radius 3 is 1.02 bits per heavy atom. The molecule has 0 saturated carbocycles. The maximum absolute atomic E-state index is 13.0. The van der Waals surface area contributed by atoms with E-state index in [1.165, 1.54) is 12.1 Å². The molecular weight excluding hydrogens is 705 g/mol. The lowest BCUT2D eigenvalue weighted by molar-refractivity contribution is 0.0717. The smallest absolute Gasteiger partial charge is 0.343 e. The van der Waals surface area contributed by atoms with Crippen LogP contribution in [0.5, 0.6) is 23.0 Å². The molecule has 0 aromatic heterocycles. The van der Waals surface area contributed by atoms with E-state index in [-0.39, 0.29) is 22.3 Å². The van der Waals surface area contributed by atoms with Gasteiger partial charge in [0.1, 0.15) is 23.0 Å². The summed E-state index contributed by atoms with van der Waals surface area (Å²) < 4.78 is 22.6. The molecule has 0 saturated heterocycles. The SMILES string of the molecule is O=C(Oc1ccc(-c2ccc(OC(=O)c3cccc(C(=O)Oc4cccc5ccccc45)c3)cc2)cc1)c1cccc(C(=O)Oc2cccc3ccccc23)c1. The lowest BCUT2D eigenvalue weighted by Gasteiger charge is -2.10. The molecule has 0 unspecified atom stereocenters. The Morgan fingerprint density at radius 2 is 0.625 bits per heavy atom. The second-order valence-corrected chi connectivity index (χ2v) is 12.7. The van der Waals surface area contributed by atoms with Crippen LogP contribution in [0.25, 0.3) is 32.7 Å². The van der Waals surface area contributed by atoms with Gasteiger partial charge in [0.15, 0.2) is 0 Å². The molecule has 0 N–H and O–H groups in total. The van der Waals surface area contributed by atoms with Crippen molar-refractivity contribution in [2.45, 2.75) is 0 Å². The molecule has 8 aromatic carbocycles. The summed E-state index contributed by atoms with van der Waals surface area (Å²) in [5.74, 6) is -0.955. The van der Waals surface area contributed by atoms with Gasteiger partial charge >= 0.3 is 23.9 Å². The third-order valence-corrected chi connectivity index (χ3v) is 9.04. The van der Waals surface area contributed by atoms with Gasteiger partial charge in [-0.15, -0.1) is 0 Å². The zero-order valence-electron chi connectivity index (χ0n) is 29.6. The first-order valence-electron chi connectivity index (χ1n) is 17.6. The zero-order valence-corrected chi connectivity index (χ0v) is 29.6. The molecule has 8 nitrogen and oxygen atoms in total. The van der Waals surface area contributed by atoms with E-state index >= 15 is 0 Å². The van der Waals surface area contributed by atoms with Gasteiger partial charge in [-0.05, 0) is 94.7 Å². The largest absolute Gasteiger partial charge is 0.423 e. The van der Waals surface area contributed by atoms with Crippen molar-refractivity contribution in [3.8, 4) is 34.1 Å². The van der Waals surface area contributed by atoms with Crippen LogP contribution in [-0.4, -0.2) is 23.9 Å². The number of carbonyl (C=O) groups is 4. The molecule has 0 aliphatic heterocycles. The molecule has 0 atom stereocenters. The topological polar surface area (TPSA) is 105 Å².